The van der Waals surface area contributed by atoms with Crippen molar-refractivity contribution >= 4 is 11.9 Å². The average molecular weight is 116 g/mol. The molecule has 0 aliphatic heterocycles. The van der Waals surface area contributed by atoms with Gasteiger partial charge in [0, 0.05) is 0 Å². The molecule has 1 radical (unpaired) electrons. The van der Waals surface area contributed by atoms with Gasteiger partial charge in [-0.05, 0) is 6.92 Å². The summed E-state index contributed by atoms with van der Waals surface area (Å²) in [6.45, 7) is 1.71. The lowest BCUT2D eigenvalue weighted by Crippen LogP contribution is -2.17. The predicted octanol–water partition coefficient (Wildman–Crippen LogP) is -0.641. The Morgan fingerprint density at radius 3 is 2.25 bits per heavy atom. The van der Waals surface area contributed by atoms with Crippen molar-refractivity contribution in [2.24, 2.45) is 0 Å². The summed E-state index contributed by atoms with van der Waals surface area (Å²) in [6.07, 6.45) is 0. The highest BCUT2D eigenvalue weighted by atomic mass is 16.5. The van der Waals surface area contributed by atoms with E-state index in [0.29, 0.717) is 0 Å². The standard InChI is InChI=1S/C4H6NO3/c1-2-8-4(7)3(5)6/h5H,2H2,1H3. The molecule has 1 amide bonds. The maximum absolute atomic E-state index is 9.98. The molecule has 0 unspecified atom stereocenters. The molecule has 0 aromatic carbocycles. The van der Waals surface area contributed by atoms with Gasteiger partial charge in [-0.25, -0.2) is 4.79 Å². The fourth-order valence-electron chi connectivity index (χ4n) is 0.197. The van der Waals surface area contributed by atoms with Crippen molar-refractivity contribution in [1.29, 1.82) is 0 Å². The van der Waals surface area contributed by atoms with Gasteiger partial charge in [0.2, 0.25) is 0 Å². The number of hydrogen-bond donors (Lipinski definition) is 0. The lowest BCUT2D eigenvalue weighted by atomic mass is 10.6. The van der Waals surface area contributed by atoms with Crippen LogP contribution < -0.4 is 5.73 Å². The van der Waals surface area contributed by atoms with E-state index in [1.165, 1.54) is 0 Å². The van der Waals surface area contributed by atoms with E-state index in [2.05, 4.69) is 4.74 Å². The minimum atomic E-state index is -1.30. The number of rotatable bonds is 1. The van der Waals surface area contributed by atoms with Crippen LogP contribution in [0.15, 0.2) is 0 Å². The lowest BCUT2D eigenvalue weighted by Gasteiger charge is -1.92. The van der Waals surface area contributed by atoms with Gasteiger partial charge in [-0.15, -0.1) is 0 Å². The van der Waals surface area contributed by atoms with Crippen LogP contribution in [0.4, 0.5) is 0 Å². The molecule has 45 valence electrons. The molecule has 0 rings (SSSR count). The highest BCUT2D eigenvalue weighted by Gasteiger charge is 2.08. The Morgan fingerprint density at radius 2 is 2.12 bits per heavy atom. The second kappa shape index (κ2) is 3.01. The van der Waals surface area contributed by atoms with E-state index in [9.17, 15) is 9.59 Å². The van der Waals surface area contributed by atoms with Crippen molar-refractivity contribution < 1.29 is 14.3 Å². The molecule has 0 aliphatic rings. The summed E-state index contributed by atoms with van der Waals surface area (Å²) < 4.78 is 4.13. The molecule has 1 N–H and O–H groups in total. The first kappa shape index (κ1) is 6.94. The van der Waals surface area contributed by atoms with Crippen molar-refractivity contribution in [3.8, 4) is 0 Å². The Balaban J connectivity index is 3.49. The minimum absolute atomic E-state index is 0.142. The molecule has 4 nitrogen and oxygen atoms in total. The molecule has 0 aromatic heterocycles. The van der Waals surface area contributed by atoms with Crippen molar-refractivity contribution in [1.82, 2.24) is 5.73 Å². The first-order chi connectivity index (χ1) is 3.68. The third-order valence-corrected chi connectivity index (χ3v) is 0.461. The number of carbonyl (C=O) groups is 2. The minimum Gasteiger partial charge on any atom is -0.459 e. The first-order valence-corrected chi connectivity index (χ1v) is 2.11. The summed E-state index contributed by atoms with van der Waals surface area (Å²) in [7, 11) is 0. The summed E-state index contributed by atoms with van der Waals surface area (Å²) in [6, 6.07) is 0. The monoisotopic (exact) mass is 116 g/mol. The molecular weight excluding hydrogens is 110 g/mol. The van der Waals surface area contributed by atoms with Crippen molar-refractivity contribution in [2.45, 2.75) is 6.92 Å². The van der Waals surface area contributed by atoms with Gasteiger partial charge >= 0.3 is 11.9 Å². The Bertz CT molecular complexity index is 110. The SMILES string of the molecule is CCOC(=O)C([NH])=O. The van der Waals surface area contributed by atoms with E-state index in [4.69, 9.17) is 5.73 Å². The summed E-state index contributed by atoms with van der Waals surface area (Å²) >= 11 is 0. The fourth-order valence-corrected chi connectivity index (χ4v) is 0.197. The van der Waals surface area contributed by atoms with Gasteiger partial charge in [0.05, 0.1) is 6.61 Å². The molecule has 0 atom stereocenters. The number of hydrogen-bond acceptors (Lipinski definition) is 3. The van der Waals surface area contributed by atoms with Crippen LogP contribution in [0, 0.1) is 0 Å². The normalized spacial score (nSPS) is 8.12. The number of esters is 1. The van der Waals surface area contributed by atoms with Gasteiger partial charge in [0.15, 0.2) is 0 Å². The number of amides is 1. The largest absolute Gasteiger partial charge is 0.459 e. The Morgan fingerprint density at radius 1 is 1.62 bits per heavy atom. The lowest BCUT2D eigenvalue weighted by molar-refractivity contribution is -0.153. The van der Waals surface area contributed by atoms with Crippen molar-refractivity contribution in [3.05, 3.63) is 0 Å². The van der Waals surface area contributed by atoms with E-state index in [1.807, 2.05) is 0 Å². The van der Waals surface area contributed by atoms with Crippen LogP contribution in [0.1, 0.15) is 6.92 Å². The second-order valence-electron chi connectivity index (χ2n) is 1.05. The Kier molecular flexibility index (Phi) is 2.61. The third kappa shape index (κ3) is 2.17. The molecule has 0 fully saturated rings. The maximum atomic E-state index is 9.98. The summed E-state index contributed by atoms with van der Waals surface area (Å²) in [4.78, 5) is 19.7. The average Bonchev–Trinajstić information content (AvgIpc) is 1.67. The first-order valence-electron chi connectivity index (χ1n) is 2.11. The van der Waals surface area contributed by atoms with Crippen LogP contribution >= 0.6 is 0 Å². The van der Waals surface area contributed by atoms with Crippen LogP contribution in [0.3, 0.4) is 0 Å². The number of ether oxygens (including phenoxy) is 1. The van der Waals surface area contributed by atoms with Gasteiger partial charge in [-0.2, -0.15) is 0 Å². The summed E-state index contributed by atoms with van der Waals surface area (Å²) in [5.41, 5.74) is 6.17. The zero-order chi connectivity index (χ0) is 6.57. The molecule has 0 saturated heterocycles. The third-order valence-electron chi connectivity index (χ3n) is 0.461. The van der Waals surface area contributed by atoms with E-state index in [1.54, 1.807) is 6.92 Å². The van der Waals surface area contributed by atoms with Crippen LogP contribution in [-0.2, 0) is 14.3 Å². The van der Waals surface area contributed by atoms with E-state index < -0.39 is 11.9 Å². The molecule has 0 aromatic rings. The smallest absolute Gasteiger partial charge is 0.398 e. The predicted molar refractivity (Wildman–Crippen MR) is 24.7 cm³/mol. The van der Waals surface area contributed by atoms with E-state index in [-0.39, 0.29) is 6.61 Å². The van der Waals surface area contributed by atoms with Gasteiger partial charge in [0.25, 0.3) is 0 Å². The number of carbonyl (C=O) groups excluding carboxylic acids is 2. The molecule has 8 heavy (non-hydrogen) atoms. The number of nitrogens with one attached hydrogen (secondary N) is 1. The molecule has 0 spiro atoms. The zero-order valence-corrected chi connectivity index (χ0v) is 4.43. The topological polar surface area (TPSA) is 67.2 Å². The zero-order valence-electron chi connectivity index (χ0n) is 4.43. The van der Waals surface area contributed by atoms with Crippen LogP contribution in [0.25, 0.3) is 0 Å². The fraction of sp³-hybridized carbons (Fsp3) is 0.500. The quantitative estimate of drug-likeness (QED) is 0.338. The molecular formula is C4H6NO3. The van der Waals surface area contributed by atoms with E-state index in [0.717, 1.165) is 0 Å². The van der Waals surface area contributed by atoms with Crippen LogP contribution in [0.2, 0.25) is 0 Å². The van der Waals surface area contributed by atoms with Gasteiger partial charge in [-0.1, -0.05) is 0 Å². The second-order valence-corrected chi connectivity index (χ2v) is 1.05. The van der Waals surface area contributed by atoms with Gasteiger partial charge in [-0.3, -0.25) is 10.5 Å². The summed E-state index contributed by atoms with van der Waals surface area (Å²) in [5.74, 6) is -2.39. The summed E-state index contributed by atoms with van der Waals surface area (Å²) in [5, 5.41) is 0. The van der Waals surface area contributed by atoms with Crippen molar-refractivity contribution in [3.63, 3.8) is 0 Å². The van der Waals surface area contributed by atoms with Crippen LogP contribution in [-0.4, -0.2) is 18.5 Å². The van der Waals surface area contributed by atoms with Crippen LogP contribution in [0.5, 0.6) is 0 Å². The molecule has 4 heteroatoms. The van der Waals surface area contributed by atoms with Crippen molar-refractivity contribution in [2.75, 3.05) is 6.61 Å². The van der Waals surface area contributed by atoms with E-state index >= 15 is 0 Å². The molecule has 0 aliphatic carbocycles. The molecule has 0 saturated carbocycles. The molecule has 0 heterocycles. The molecule has 0 bridgehead atoms. The Hall–Kier alpha value is -1.06. The Labute approximate surface area is 46.6 Å². The van der Waals surface area contributed by atoms with Gasteiger partial charge < -0.3 is 4.74 Å². The highest BCUT2D eigenvalue weighted by Crippen LogP contribution is 1.73. The maximum Gasteiger partial charge on any atom is 0.398 e. The van der Waals surface area contributed by atoms with Gasteiger partial charge in [0.1, 0.15) is 0 Å². The highest BCUT2D eigenvalue weighted by molar-refractivity contribution is 6.31.